The Labute approximate surface area is 84.3 Å². The van der Waals surface area contributed by atoms with E-state index in [0.717, 1.165) is 13.0 Å². The largest absolute Gasteiger partial charge is 0.417 e. The average Bonchev–Trinajstić information content (AvgIpc) is 2.13. The molecule has 0 aliphatic heterocycles. The Hall–Kier alpha value is -0.0831. The van der Waals surface area contributed by atoms with Crippen LogP contribution in [0.5, 0.6) is 0 Å². The van der Waals surface area contributed by atoms with Gasteiger partial charge in [0.05, 0.1) is 0 Å². The van der Waals surface area contributed by atoms with Crippen molar-refractivity contribution >= 4 is 8.32 Å². The van der Waals surface area contributed by atoms with E-state index >= 15 is 0 Å². The number of hydrogen-bond donors (Lipinski definition) is 0. The minimum absolute atomic E-state index is 0.886. The van der Waals surface area contributed by atoms with Gasteiger partial charge in [-0.05, 0) is 31.5 Å². The first kappa shape index (κ1) is 12.9. The number of rotatable bonds is 7. The molecular weight excluding hydrogens is 176 g/mol. The Balaban J connectivity index is 3.88. The quantitative estimate of drug-likeness (QED) is 0.446. The van der Waals surface area contributed by atoms with E-state index in [1.54, 1.807) is 0 Å². The summed E-state index contributed by atoms with van der Waals surface area (Å²) in [4.78, 5) is 0. The second kappa shape index (κ2) is 6.38. The molecule has 0 unspecified atom stereocenters. The van der Waals surface area contributed by atoms with E-state index in [9.17, 15) is 0 Å². The SMILES string of the molecule is C=C(C)CCO[Si](CC)(CC)CC. The van der Waals surface area contributed by atoms with Crippen LogP contribution in [0, 0.1) is 0 Å². The number of hydrogen-bond acceptors (Lipinski definition) is 1. The monoisotopic (exact) mass is 200 g/mol. The second-order valence-electron chi connectivity index (χ2n) is 3.80. The molecule has 0 fully saturated rings. The smallest absolute Gasteiger partial charge is 0.191 e. The molecule has 0 saturated carbocycles. The molecule has 0 aromatic rings. The summed E-state index contributed by atoms with van der Waals surface area (Å²) in [6.45, 7) is 13.6. The standard InChI is InChI=1S/C11H24OSi/c1-6-13(7-2,8-3)12-10-9-11(4)5/h4,6-10H2,1-3,5H3. The molecule has 78 valence electrons. The molecule has 0 N–H and O–H groups in total. The van der Waals surface area contributed by atoms with E-state index in [4.69, 9.17) is 4.43 Å². The molecule has 0 atom stereocenters. The molecular formula is C11H24OSi. The molecule has 0 saturated heterocycles. The minimum atomic E-state index is -1.33. The van der Waals surface area contributed by atoms with Gasteiger partial charge >= 0.3 is 0 Å². The predicted molar refractivity (Wildman–Crippen MR) is 62.6 cm³/mol. The molecule has 0 rings (SSSR count). The lowest BCUT2D eigenvalue weighted by atomic mass is 10.3. The van der Waals surface area contributed by atoms with Gasteiger partial charge in [-0.25, -0.2) is 0 Å². The van der Waals surface area contributed by atoms with Crippen LogP contribution in [0.3, 0.4) is 0 Å². The minimum Gasteiger partial charge on any atom is -0.417 e. The van der Waals surface area contributed by atoms with E-state index in [0.29, 0.717) is 0 Å². The molecule has 0 aromatic heterocycles. The predicted octanol–water partition coefficient (Wildman–Crippen LogP) is 3.97. The first-order valence-corrected chi connectivity index (χ1v) is 7.91. The fraction of sp³-hybridized carbons (Fsp3) is 0.818. The van der Waals surface area contributed by atoms with Crippen molar-refractivity contribution in [3.8, 4) is 0 Å². The Bertz CT molecular complexity index is 142. The lowest BCUT2D eigenvalue weighted by molar-refractivity contribution is 0.303. The van der Waals surface area contributed by atoms with Gasteiger partial charge in [-0.3, -0.25) is 0 Å². The van der Waals surface area contributed by atoms with Gasteiger partial charge in [0.1, 0.15) is 0 Å². The van der Waals surface area contributed by atoms with Crippen LogP contribution in [0.4, 0.5) is 0 Å². The molecule has 0 radical (unpaired) electrons. The molecule has 0 aliphatic rings. The third-order valence-corrected chi connectivity index (χ3v) is 7.55. The van der Waals surface area contributed by atoms with Gasteiger partial charge in [-0.2, -0.15) is 0 Å². The highest BCUT2D eigenvalue weighted by molar-refractivity contribution is 6.73. The van der Waals surface area contributed by atoms with Crippen LogP contribution in [0.2, 0.25) is 18.1 Å². The molecule has 13 heavy (non-hydrogen) atoms. The summed E-state index contributed by atoms with van der Waals surface area (Å²) in [5.41, 5.74) is 1.23. The van der Waals surface area contributed by atoms with Crippen LogP contribution >= 0.6 is 0 Å². The molecule has 1 nitrogen and oxygen atoms in total. The van der Waals surface area contributed by atoms with E-state index in [2.05, 4.69) is 34.3 Å². The normalized spacial score (nSPS) is 11.7. The zero-order valence-corrected chi connectivity index (χ0v) is 10.7. The maximum Gasteiger partial charge on any atom is 0.191 e. The van der Waals surface area contributed by atoms with Crippen molar-refractivity contribution in [2.45, 2.75) is 52.2 Å². The first-order valence-electron chi connectivity index (χ1n) is 5.38. The van der Waals surface area contributed by atoms with Crippen LogP contribution in [-0.2, 0) is 4.43 Å². The summed E-state index contributed by atoms with van der Waals surface area (Å²) < 4.78 is 6.07. The highest BCUT2D eigenvalue weighted by Gasteiger charge is 2.27. The summed E-state index contributed by atoms with van der Waals surface area (Å²) in [7, 11) is -1.33. The molecule has 0 amide bonds. The zero-order valence-electron chi connectivity index (χ0n) is 9.65. The molecule has 0 aromatic carbocycles. The van der Waals surface area contributed by atoms with Crippen molar-refractivity contribution in [1.82, 2.24) is 0 Å². The van der Waals surface area contributed by atoms with Gasteiger partial charge in [0, 0.05) is 6.61 Å². The molecule has 0 aliphatic carbocycles. The summed E-state index contributed by atoms with van der Waals surface area (Å²) in [5, 5.41) is 0. The van der Waals surface area contributed by atoms with Crippen molar-refractivity contribution in [2.75, 3.05) is 6.61 Å². The second-order valence-corrected chi connectivity index (χ2v) is 8.58. The third-order valence-electron chi connectivity index (χ3n) is 2.87. The van der Waals surface area contributed by atoms with Crippen molar-refractivity contribution in [2.24, 2.45) is 0 Å². The summed E-state index contributed by atoms with van der Waals surface area (Å²) in [6, 6.07) is 3.74. The molecule has 0 spiro atoms. The first-order chi connectivity index (χ1) is 6.10. The fourth-order valence-electron chi connectivity index (χ4n) is 1.50. The Kier molecular flexibility index (Phi) is 6.34. The van der Waals surface area contributed by atoms with Gasteiger partial charge in [-0.15, -0.1) is 6.58 Å². The summed E-state index contributed by atoms with van der Waals surface area (Å²) in [6.07, 6.45) is 1.02. The Morgan fingerprint density at radius 1 is 1.15 bits per heavy atom. The van der Waals surface area contributed by atoms with Gasteiger partial charge in [0.15, 0.2) is 8.32 Å². The van der Waals surface area contributed by atoms with Crippen molar-refractivity contribution in [3.63, 3.8) is 0 Å². The fourth-order valence-corrected chi connectivity index (χ4v) is 4.15. The van der Waals surface area contributed by atoms with Crippen LogP contribution in [0.15, 0.2) is 12.2 Å². The van der Waals surface area contributed by atoms with Gasteiger partial charge in [0.25, 0.3) is 0 Å². The molecule has 0 heterocycles. The van der Waals surface area contributed by atoms with Crippen molar-refractivity contribution < 1.29 is 4.43 Å². The maximum absolute atomic E-state index is 6.07. The van der Waals surface area contributed by atoms with E-state index in [-0.39, 0.29) is 0 Å². The average molecular weight is 200 g/mol. The van der Waals surface area contributed by atoms with Crippen molar-refractivity contribution in [1.29, 1.82) is 0 Å². The highest BCUT2D eigenvalue weighted by atomic mass is 28.4. The maximum atomic E-state index is 6.07. The van der Waals surface area contributed by atoms with E-state index < -0.39 is 8.32 Å². The topological polar surface area (TPSA) is 9.23 Å². The van der Waals surface area contributed by atoms with Gasteiger partial charge < -0.3 is 4.43 Å². The van der Waals surface area contributed by atoms with Crippen molar-refractivity contribution in [3.05, 3.63) is 12.2 Å². The van der Waals surface area contributed by atoms with Crippen LogP contribution in [0.25, 0.3) is 0 Å². The van der Waals surface area contributed by atoms with Crippen LogP contribution < -0.4 is 0 Å². The lowest BCUT2D eigenvalue weighted by Gasteiger charge is -2.27. The zero-order chi connectivity index (χ0) is 10.3. The van der Waals surface area contributed by atoms with Crippen LogP contribution in [-0.4, -0.2) is 14.9 Å². The van der Waals surface area contributed by atoms with Gasteiger partial charge in [0.2, 0.25) is 0 Å². The summed E-state index contributed by atoms with van der Waals surface area (Å²) in [5.74, 6) is 0. The third kappa shape index (κ3) is 4.63. The lowest BCUT2D eigenvalue weighted by Crippen LogP contribution is -2.36. The highest BCUT2D eigenvalue weighted by Crippen LogP contribution is 2.21. The van der Waals surface area contributed by atoms with Gasteiger partial charge in [-0.1, -0.05) is 26.3 Å². The molecule has 2 heteroatoms. The van der Waals surface area contributed by atoms with E-state index in [1.807, 2.05) is 0 Å². The molecule has 0 bridgehead atoms. The Morgan fingerprint density at radius 3 is 1.92 bits per heavy atom. The Morgan fingerprint density at radius 2 is 1.62 bits per heavy atom. The van der Waals surface area contributed by atoms with Crippen LogP contribution in [0.1, 0.15) is 34.1 Å². The van der Waals surface area contributed by atoms with E-state index in [1.165, 1.54) is 23.7 Å². The summed E-state index contributed by atoms with van der Waals surface area (Å²) >= 11 is 0.